The highest BCUT2D eigenvalue weighted by molar-refractivity contribution is 4.94. The molecule has 0 heterocycles. The van der Waals surface area contributed by atoms with Crippen molar-refractivity contribution >= 4 is 0 Å². The van der Waals surface area contributed by atoms with Gasteiger partial charge in [-0.25, -0.2) is 0 Å². The van der Waals surface area contributed by atoms with Gasteiger partial charge in [0.1, 0.15) is 0 Å². The molecule has 0 bridgehead atoms. The van der Waals surface area contributed by atoms with E-state index in [9.17, 15) is 0 Å². The minimum Gasteiger partial charge on any atom is -0.389 e. The summed E-state index contributed by atoms with van der Waals surface area (Å²) < 4.78 is 0. The fraction of sp³-hybridized carbons (Fsp3) is 0.867. The fourth-order valence-corrected chi connectivity index (χ4v) is 1.88. The molecule has 0 aromatic carbocycles. The summed E-state index contributed by atoms with van der Waals surface area (Å²) in [6, 6.07) is 0. The van der Waals surface area contributed by atoms with Gasteiger partial charge in [0.15, 0.2) is 0 Å². The van der Waals surface area contributed by atoms with Crippen molar-refractivity contribution < 1.29 is 0 Å². The van der Waals surface area contributed by atoms with Crippen LogP contribution in [0.15, 0.2) is 12.3 Å². The monoisotopic (exact) mass is 225 g/mol. The normalized spacial score (nSPS) is 12.8. The molecule has 0 aliphatic heterocycles. The molecule has 0 saturated carbocycles. The SMILES string of the molecule is C=C(NCCC(CC)CCCCC)C(C)C. The van der Waals surface area contributed by atoms with Crippen LogP contribution in [-0.2, 0) is 0 Å². The van der Waals surface area contributed by atoms with Crippen LogP contribution in [0, 0.1) is 11.8 Å². The third-order valence-electron chi connectivity index (χ3n) is 3.39. The first-order valence-electron chi connectivity index (χ1n) is 7.04. The van der Waals surface area contributed by atoms with Gasteiger partial charge >= 0.3 is 0 Å². The van der Waals surface area contributed by atoms with E-state index in [4.69, 9.17) is 0 Å². The van der Waals surface area contributed by atoms with Crippen molar-refractivity contribution in [3.05, 3.63) is 12.3 Å². The maximum Gasteiger partial charge on any atom is 0.0146 e. The fourth-order valence-electron chi connectivity index (χ4n) is 1.88. The van der Waals surface area contributed by atoms with E-state index in [1.165, 1.54) is 44.2 Å². The molecule has 0 spiro atoms. The van der Waals surface area contributed by atoms with E-state index in [1.807, 2.05) is 0 Å². The molecule has 16 heavy (non-hydrogen) atoms. The smallest absolute Gasteiger partial charge is 0.0146 e. The van der Waals surface area contributed by atoms with E-state index in [1.54, 1.807) is 0 Å². The quantitative estimate of drug-likeness (QED) is 0.529. The molecule has 0 fully saturated rings. The minimum atomic E-state index is 0.556. The van der Waals surface area contributed by atoms with Crippen LogP contribution < -0.4 is 5.32 Å². The summed E-state index contributed by atoms with van der Waals surface area (Å²) in [7, 11) is 0. The van der Waals surface area contributed by atoms with Crippen molar-refractivity contribution in [2.24, 2.45) is 11.8 Å². The molecule has 0 aromatic rings. The van der Waals surface area contributed by atoms with Gasteiger partial charge in [0.05, 0.1) is 0 Å². The van der Waals surface area contributed by atoms with Crippen molar-refractivity contribution in [1.82, 2.24) is 5.32 Å². The molecular formula is C15H31N. The number of unbranched alkanes of at least 4 members (excludes halogenated alkanes) is 2. The van der Waals surface area contributed by atoms with Crippen LogP contribution in [0.2, 0.25) is 0 Å². The Labute approximate surface area is 103 Å². The summed E-state index contributed by atoms with van der Waals surface area (Å²) in [4.78, 5) is 0. The standard InChI is InChI=1S/C15H31N/c1-6-8-9-10-15(7-2)11-12-16-14(5)13(3)4/h13,15-16H,5-12H2,1-4H3. The highest BCUT2D eigenvalue weighted by Crippen LogP contribution is 2.17. The average molecular weight is 225 g/mol. The second-order valence-electron chi connectivity index (χ2n) is 5.17. The number of rotatable bonds is 10. The van der Waals surface area contributed by atoms with Gasteiger partial charge in [0.2, 0.25) is 0 Å². The summed E-state index contributed by atoms with van der Waals surface area (Å²) >= 11 is 0. The Morgan fingerprint density at radius 3 is 2.31 bits per heavy atom. The summed E-state index contributed by atoms with van der Waals surface area (Å²) in [6.45, 7) is 14.1. The molecule has 0 aliphatic rings. The van der Waals surface area contributed by atoms with Crippen LogP contribution in [0.5, 0.6) is 0 Å². The Morgan fingerprint density at radius 2 is 1.81 bits per heavy atom. The van der Waals surface area contributed by atoms with Crippen molar-refractivity contribution in [2.45, 2.75) is 66.2 Å². The van der Waals surface area contributed by atoms with Gasteiger partial charge in [-0.2, -0.15) is 0 Å². The van der Waals surface area contributed by atoms with Crippen LogP contribution in [0.25, 0.3) is 0 Å². The number of hydrogen-bond acceptors (Lipinski definition) is 1. The lowest BCUT2D eigenvalue weighted by Crippen LogP contribution is -2.20. The minimum absolute atomic E-state index is 0.556. The second-order valence-corrected chi connectivity index (χ2v) is 5.17. The van der Waals surface area contributed by atoms with E-state index in [-0.39, 0.29) is 0 Å². The highest BCUT2D eigenvalue weighted by atomic mass is 14.9. The number of hydrogen-bond donors (Lipinski definition) is 1. The lowest BCUT2D eigenvalue weighted by Gasteiger charge is -2.17. The Kier molecular flexibility index (Phi) is 9.46. The molecule has 1 atom stereocenters. The lowest BCUT2D eigenvalue weighted by atomic mass is 9.95. The highest BCUT2D eigenvalue weighted by Gasteiger charge is 2.06. The van der Waals surface area contributed by atoms with E-state index < -0.39 is 0 Å². The van der Waals surface area contributed by atoms with E-state index in [2.05, 4.69) is 39.6 Å². The zero-order chi connectivity index (χ0) is 12.4. The zero-order valence-electron chi connectivity index (χ0n) is 11.8. The van der Waals surface area contributed by atoms with Crippen LogP contribution in [0.3, 0.4) is 0 Å². The van der Waals surface area contributed by atoms with Crippen LogP contribution >= 0.6 is 0 Å². The summed E-state index contributed by atoms with van der Waals surface area (Å²) in [5, 5.41) is 3.44. The van der Waals surface area contributed by atoms with Crippen molar-refractivity contribution in [3.63, 3.8) is 0 Å². The third-order valence-corrected chi connectivity index (χ3v) is 3.39. The van der Waals surface area contributed by atoms with Gasteiger partial charge in [0.25, 0.3) is 0 Å². The summed E-state index contributed by atoms with van der Waals surface area (Å²) in [5.41, 5.74) is 1.18. The molecule has 0 radical (unpaired) electrons. The first-order valence-corrected chi connectivity index (χ1v) is 7.04. The van der Waals surface area contributed by atoms with E-state index in [0.717, 1.165) is 12.5 Å². The maximum atomic E-state index is 4.04. The second kappa shape index (κ2) is 9.74. The van der Waals surface area contributed by atoms with E-state index in [0.29, 0.717) is 5.92 Å². The van der Waals surface area contributed by atoms with Gasteiger partial charge < -0.3 is 5.32 Å². The first-order chi connectivity index (χ1) is 7.61. The molecule has 1 heteroatoms. The van der Waals surface area contributed by atoms with Gasteiger partial charge in [-0.3, -0.25) is 0 Å². The summed E-state index contributed by atoms with van der Waals surface area (Å²) in [6.07, 6.45) is 8.15. The maximum absolute atomic E-state index is 4.04. The molecule has 0 aromatic heterocycles. The Morgan fingerprint density at radius 1 is 1.12 bits per heavy atom. The molecule has 96 valence electrons. The van der Waals surface area contributed by atoms with Crippen molar-refractivity contribution in [3.8, 4) is 0 Å². The van der Waals surface area contributed by atoms with Crippen LogP contribution in [0.1, 0.15) is 66.2 Å². The Bertz CT molecular complexity index is 172. The van der Waals surface area contributed by atoms with Gasteiger partial charge in [-0.15, -0.1) is 0 Å². The molecule has 1 nitrogen and oxygen atoms in total. The van der Waals surface area contributed by atoms with Gasteiger partial charge in [-0.1, -0.05) is 66.4 Å². The summed E-state index contributed by atoms with van der Waals surface area (Å²) in [5.74, 6) is 1.46. The largest absolute Gasteiger partial charge is 0.389 e. The van der Waals surface area contributed by atoms with Crippen molar-refractivity contribution in [2.75, 3.05) is 6.54 Å². The molecule has 0 rings (SSSR count). The zero-order valence-corrected chi connectivity index (χ0v) is 11.8. The van der Waals surface area contributed by atoms with Gasteiger partial charge in [-0.05, 0) is 18.3 Å². The van der Waals surface area contributed by atoms with Crippen LogP contribution in [0.4, 0.5) is 0 Å². The van der Waals surface area contributed by atoms with Crippen LogP contribution in [-0.4, -0.2) is 6.54 Å². The molecule has 1 unspecified atom stereocenters. The molecule has 0 aliphatic carbocycles. The number of nitrogens with one attached hydrogen (secondary N) is 1. The predicted octanol–water partition coefficient (Wildman–Crippen LogP) is 4.74. The number of allylic oxidation sites excluding steroid dienone is 1. The average Bonchev–Trinajstić information content (AvgIpc) is 2.26. The predicted molar refractivity (Wildman–Crippen MR) is 74.5 cm³/mol. The molecule has 0 saturated heterocycles. The topological polar surface area (TPSA) is 12.0 Å². The lowest BCUT2D eigenvalue weighted by molar-refractivity contribution is 0.409. The molecular weight excluding hydrogens is 194 g/mol. The van der Waals surface area contributed by atoms with Gasteiger partial charge in [0, 0.05) is 12.2 Å². The van der Waals surface area contributed by atoms with Crippen molar-refractivity contribution in [1.29, 1.82) is 0 Å². The molecule has 1 N–H and O–H groups in total. The Hall–Kier alpha value is -0.460. The first kappa shape index (κ1) is 15.5. The van der Waals surface area contributed by atoms with E-state index >= 15 is 0 Å². The Balaban J connectivity index is 3.58. The third kappa shape index (κ3) is 7.78. The molecule has 0 amide bonds.